The molecule has 0 spiro atoms. The molecular weight excluding hydrogens is 381 g/mol. The lowest BCUT2D eigenvalue weighted by Gasteiger charge is -2.32. The van der Waals surface area contributed by atoms with Crippen LogP contribution in [0.2, 0.25) is 0 Å². The summed E-state index contributed by atoms with van der Waals surface area (Å²) in [6.07, 6.45) is 3.00. The fourth-order valence-electron chi connectivity index (χ4n) is 3.46. The molecule has 1 aromatic carbocycles. The number of methoxy groups -OCH3 is 1. The maximum atomic E-state index is 13.9. The number of nitro groups is 1. The number of nitrogens with zero attached hydrogens (tertiary/aromatic N) is 5. The zero-order chi connectivity index (χ0) is 20.4. The zero-order valence-electron chi connectivity index (χ0n) is 15.6. The Morgan fingerprint density at radius 3 is 2.76 bits per heavy atom. The van der Waals surface area contributed by atoms with Crippen molar-refractivity contribution >= 4 is 11.4 Å². The van der Waals surface area contributed by atoms with E-state index in [1.54, 1.807) is 12.3 Å². The summed E-state index contributed by atoms with van der Waals surface area (Å²) < 4.78 is 24.3. The predicted octanol–water partition coefficient (Wildman–Crippen LogP) is 3.57. The molecule has 29 heavy (non-hydrogen) atoms. The SMILES string of the molecule is COc1cc(N2CCC(c3nc(-c4ccccn4)no3)CC2)c([N+](=O)[O-])cc1F. The van der Waals surface area contributed by atoms with Crippen LogP contribution in [-0.4, -0.2) is 40.2 Å². The second kappa shape index (κ2) is 7.82. The molecule has 0 aliphatic carbocycles. The summed E-state index contributed by atoms with van der Waals surface area (Å²) >= 11 is 0. The molecule has 150 valence electrons. The Kier molecular flexibility index (Phi) is 5.07. The van der Waals surface area contributed by atoms with Gasteiger partial charge >= 0.3 is 0 Å². The monoisotopic (exact) mass is 399 g/mol. The van der Waals surface area contributed by atoms with Crippen molar-refractivity contribution in [3.05, 3.63) is 58.4 Å². The Labute approximate surface area is 165 Å². The van der Waals surface area contributed by atoms with Gasteiger partial charge in [0.1, 0.15) is 11.4 Å². The molecule has 4 rings (SSSR count). The highest BCUT2D eigenvalue weighted by Crippen LogP contribution is 2.38. The van der Waals surface area contributed by atoms with E-state index in [1.807, 2.05) is 17.0 Å². The summed E-state index contributed by atoms with van der Waals surface area (Å²) in [5.41, 5.74) is 0.692. The third-order valence-electron chi connectivity index (χ3n) is 4.97. The van der Waals surface area contributed by atoms with Gasteiger partial charge in [-0.15, -0.1) is 0 Å². The van der Waals surface area contributed by atoms with Gasteiger partial charge in [-0.05, 0) is 25.0 Å². The van der Waals surface area contributed by atoms with E-state index in [2.05, 4.69) is 15.1 Å². The molecule has 1 aliphatic heterocycles. The van der Waals surface area contributed by atoms with E-state index in [0.29, 0.717) is 49.0 Å². The number of pyridine rings is 1. The van der Waals surface area contributed by atoms with Crippen molar-refractivity contribution < 1.29 is 18.6 Å². The van der Waals surface area contributed by atoms with E-state index in [9.17, 15) is 14.5 Å². The molecular formula is C19H18FN5O4. The van der Waals surface area contributed by atoms with E-state index in [1.165, 1.54) is 13.2 Å². The fraction of sp³-hybridized carbons (Fsp3) is 0.316. The second-order valence-electron chi connectivity index (χ2n) is 6.67. The van der Waals surface area contributed by atoms with Crippen LogP contribution in [0.15, 0.2) is 41.1 Å². The summed E-state index contributed by atoms with van der Waals surface area (Å²) in [6.45, 7) is 1.06. The number of piperidine rings is 1. The summed E-state index contributed by atoms with van der Waals surface area (Å²) in [6, 6.07) is 7.74. The van der Waals surface area contributed by atoms with E-state index in [4.69, 9.17) is 9.26 Å². The Morgan fingerprint density at radius 1 is 1.31 bits per heavy atom. The summed E-state index contributed by atoms with van der Waals surface area (Å²) in [7, 11) is 1.33. The molecule has 0 atom stereocenters. The average Bonchev–Trinajstić information content (AvgIpc) is 3.24. The fourth-order valence-corrected chi connectivity index (χ4v) is 3.46. The van der Waals surface area contributed by atoms with Crippen LogP contribution in [0.5, 0.6) is 5.75 Å². The van der Waals surface area contributed by atoms with Crippen LogP contribution in [0, 0.1) is 15.9 Å². The van der Waals surface area contributed by atoms with Crippen molar-refractivity contribution in [2.75, 3.05) is 25.1 Å². The molecule has 1 saturated heterocycles. The van der Waals surface area contributed by atoms with Gasteiger partial charge < -0.3 is 14.2 Å². The number of rotatable bonds is 5. The number of halogens is 1. The highest BCUT2D eigenvalue weighted by molar-refractivity contribution is 5.66. The lowest BCUT2D eigenvalue weighted by atomic mass is 9.96. The topological polar surface area (TPSA) is 107 Å². The van der Waals surface area contributed by atoms with Crippen LogP contribution in [0.25, 0.3) is 11.5 Å². The van der Waals surface area contributed by atoms with Crippen molar-refractivity contribution in [2.24, 2.45) is 0 Å². The highest BCUT2D eigenvalue weighted by atomic mass is 19.1. The van der Waals surface area contributed by atoms with E-state index >= 15 is 0 Å². The van der Waals surface area contributed by atoms with Gasteiger partial charge in [0.2, 0.25) is 11.7 Å². The number of benzene rings is 1. The first-order valence-electron chi connectivity index (χ1n) is 9.08. The van der Waals surface area contributed by atoms with Gasteiger partial charge in [0.05, 0.1) is 18.1 Å². The Bertz CT molecular complexity index is 1020. The Balaban J connectivity index is 1.50. The lowest BCUT2D eigenvalue weighted by molar-refractivity contribution is -0.384. The second-order valence-corrected chi connectivity index (χ2v) is 6.67. The first-order valence-corrected chi connectivity index (χ1v) is 9.08. The number of ether oxygens (including phenoxy) is 1. The number of hydrogen-bond donors (Lipinski definition) is 0. The minimum absolute atomic E-state index is 0.0235. The molecule has 10 heteroatoms. The molecule has 0 radical (unpaired) electrons. The summed E-state index contributed by atoms with van der Waals surface area (Å²) in [5, 5.41) is 15.4. The van der Waals surface area contributed by atoms with Gasteiger partial charge in [0.15, 0.2) is 11.6 Å². The first kappa shape index (κ1) is 18.8. The molecule has 0 amide bonds. The van der Waals surface area contributed by atoms with Crippen LogP contribution in [0.4, 0.5) is 15.8 Å². The van der Waals surface area contributed by atoms with E-state index in [-0.39, 0.29) is 17.4 Å². The molecule has 1 fully saturated rings. The van der Waals surface area contributed by atoms with Crippen LogP contribution in [0.1, 0.15) is 24.7 Å². The highest BCUT2D eigenvalue weighted by Gasteiger charge is 2.30. The predicted molar refractivity (Wildman–Crippen MR) is 101 cm³/mol. The number of aromatic nitrogens is 3. The number of nitro benzene ring substituents is 1. The minimum Gasteiger partial charge on any atom is -0.494 e. The molecule has 0 bridgehead atoms. The third kappa shape index (κ3) is 3.73. The smallest absolute Gasteiger partial charge is 0.295 e. The Morgan fingerprint density at radius 2 is 2.10 bits per heavy atom. The largest absolute Gasteiger partial charge is 0.494 e. The Hall–Kier alpha value is -3.56. The van der Waals surface area contributed by atoms with Gasteiger partial charge in [-0.2, -0.15) is 4.98 Å². The zero-order valence-corrected chi connectivity index (χ0v) is 15.6. The van der Waals surface area contributed by atoms with E-state index in [0.717, 1.165) is 6.07 Å². The molecule has 0 unspecified atom stereocenters. The maximum Gasteiger partial charge on any atom is 0.295 e. The van der Waals surface area contributed by atoms with Crippen LogP contribution in [0.3, 0.4) is 0 Å². The molecule has 9 nitrogen and oxygen atoms in total. The van der Waals surface area contributed by atoms with Gasteiger partial charge in [0.25, 0.3) is 5.69 Å². The van der Waals surface area contributed by atoms with E-state index < -0.39 is 10.7 Å². The summed E-state index contributed by atoms with van der Waals surface area (Å²) in [4.78, 5) is 21.3. The maximum absolute atomic E-state index is 13.9. The quantitative estimate of drug-likeness (QED) is 0.473. The van der Waals surface area contributed by atoms with Crippen molar-refractivity contribution in [2.45, 2.75) is 18.8 Å². The summed E-state index contributed by atoms with van der Waals surface area (Å²) in [5.74, 6) is 0.214. The molecule has 0 N–H and O–H groups in total. The number of anilines is 1. The van der Waals surface area contributed by atoms with Crippen molar-refractivity contribution in [3.8, 4) is 17.3 Å². The van der Waals surface area contributed by atoms with Crippen LogP contribution >= 0.6 is 0 Å². The molecule has 2 aromatic heterocycles. The van der Waals surface area contributed by atoms with Crippen molar-refractivity contribution in [1.29, 1.82) is 0 Å². The third-order valence-corrected chi connectivity index (χ3v) is 4.97. The molecule has 3 heterocycles. The normalized spacial score (nSPS) is 14.8. The first-order chi connectivity index (χ1) is 14.1. The van der Waals surface area contributed by atoms with Gasteiger partial charge in [-0.25, -0.2) is 4.39 Å². The lowest BCUT2D eigenvalue weighted by Crippen LogP contribution is -2.33. The number of hydrogen-bond acceptors (Lipinski definition) is 8. The van der Waals surface area contributed by atoms with Gasteiger partial charge in [-0.1, -0.05) is 11.2 Å². The minimum atomic E-state index is -0.759. The standard InChI is InChI=1S/C19H18FN5O4/c1-28-17-11-15(16(25(26)27)10-13(17)20)24-8-5-12(6-9-24)19-22-18(23-29-19)14-4-2-3-7-21-14/h2-4,7,10-12H,5-6,8-9H2,1H3. The van der Waals surface area contributed by atoms with Crippen LogP contribution in [-0.2, 0) is 0 Å². The average molecular weight is 399 g/mol. The van der Waals surface area contributed by atoms with Gasteiger partial charge in [-0.3, -0.25) is 15.1 Å². The molecule has 1 aliphatic rings. The molecule has 0 saturated carbocycles. The van der Waals surface area contributed by atoms with Crippen molar-refractivity contribution in [3.63, 3.8) is 0 Å². The van der Waals surface area contributed by atoms with Crippen LogP contribution < -0.4 is 9.64 Å². The van der Waals surface area contributed by atoms with Crippen molar-refractivity contribution in [1.82, 2.24) is 15.1 Å². The van der Waals surface area contributed by atoms with Gasteiger partial charge in [0, 0.05) is 31.3 Å². The molecule has 3 aromatic rings.